The van der Waals surface area contributed by atoms with Gasteiger partial charge in [-0.25, -0.2) is 8.42 Å². The number of aromatic nitrogens is 1. The van der Waals surface area contributed by atoms with Crippen molar-refractivity contribution in [3.63, 3.8) is 0 Å². The van der Waals surface area contributed by atoms with Crippen molar-refractivity contribution in [2.45, 2.75) is 11.0 Å². The van der Waals surface area contributed by atoms with E-state index in [9.17, 15) is 8.42 Å². The lowest BCUT2D eigenvalue weighted by Gasteiger charge is -2.32. The fourth-order valence-corrected chi connectivity index (χ4v) is 5.05. The minimum absolute atomic E-state index is 0.148. The molecule has 0 saturated carbocycles. The molecule has 0 spiro atoms. The van der Waals surface area contributed by atoms with Crippen LogP contribution in [0.2, 0.25) is 0 Å². The molecule has 1 saturated heterocycles. The van der Waals surface area contributed by atoms with Crippen molar-refractivity contribution in [3.05, 3.63) is 78.6 Å². The summed E-state index contributed by atoms with van der Waals surface area (Å²) in [7, 11) is -2.29. The zero-order valence-electron chi connectivity index (χ0n) is 16.1. The van der Waals surface area contributed by atoms with E-state index in [0.29, 0.717) is 18.9 Å². The van der Waals surface area contributed by atoms with Crippen LogP contribution in [-0.4, -0.2) is 44.5 Å². The van der Waals surface area contributed by atoms with Gasteiger partial charge >= 0.3 is 0 Å². The van der Waals surface area contributed by atoms with Crippen LogP contribution in [0, 0.1) is 0 Å². The highest BCUT2D eigenvalue weighted by molar-refractivity contribution is 7.89. The summed E-state index contributed by atoms with van der Waals surface area (Å²) in [6, 6.07) is 18.6. The molecule has 1 aliphatic heterocycles. The summed E-state index contributed by atoms with van der Waals surface area (Å²) in [5.74, 6) is 0.320. The molecule has 0 radical (unpaired) electrons. The number of methoxy groups -OCH3 is 1. The van der Waals surface area contributed by atoms with Crippen LogP contribution >= 0.6 is 0 Å². The number of morpholine rings is 1. The number of hydrogen-bond acceptors (Lipinski definition) is 5. The van der Waals surface area contributed by atoms with Gasteiger partial charge in [-0.05, 0) is 29.3 Å². The molecule has 6 nitrogen and oxygen atoms in total. The summed E-state index contributed by atoms with van der Waals surface area (Å²) in [5, 5.41) is 0. The SMILES string of the molecule is COc1ccc(-c2cccnc2)cc1S(=O)(=O)N1CCOC(c2ccccc2)C1. The summed E-state index contributed by atoms with van der Waals surface area (Å²) in [6.45, 7) is 0.891. The quantitative estimate of drug-likeness (QED) is 0.644. The number of pyridine rings is 1. The van der Waals surface area contributed by atoms with Gasteiger partial charge in [0.2, 0.25) is 10.0 Å². The topological polar surface area (TPSA) is 68.7 Å². The number of benzene rings is 2. The van der Waals surface area contributed by atoms with Gasteiger partial charge in [0, 0.05) is 31.0 Å². The molecule has 1 aliphatic rings. The number of nitrogens with zero attached hydrogens (tertiary/aromatic N) is 2. The second-order valence-corrected chi connectivity index (χ2v) is 8.65. The van der Waals surface area contributed by atoms with Gasteiger partial charge in [-0.1, -0.05) is 42.5 Å². The summed E-state index contributed by atoms with van der Waals surface area (Å²) in [6.07, 6.45) is 3.09. The van der Waals surface area contributed by atoms with Gasteiger partial charge in [-0.2, -0.15) is 4.31 Å². The zero-order chi connectivity index (χ0) is 20.3. The molecule has 4 rings (SSSR count). The summed E-state index contributed by atoms with van der Waals surface area (Å²) in [4.78, 5) is 4.27. The first-order valence-corrected chi connectivity index (χ1v) is 10.8. The Kier molecular flexibility index (Phi) is 5.62. The normalized spacial score (nSPS) is 17.8. The van der Waals surface area contributed by atoms with Gasteiger partial charge in [0.05, 0.1) is 19.8 Å². The largest absolute Gasteiger partial charge is 0.495 e. The maximum Gasteiger partial charge on any atom is 0.246 e. The monoisotopic (exact) mass is 410 g/mol. The molecule has 2 heterocycles. The standard InChI is InChI=1S/C22H22N2O4S/c1-27-20-10-9-18(19-8-5-11-23-15-19)14-22(20)29(25,26)24-12-13-28-21(16-24)17-6-3-2-4-7-17/h2-11,14-15,21H,12-13,16H2,1H3. The van der Waals surface area contributed by atoms with Crippen molar-refractivity contribution < 1.29 is 17.9 Å². The zero-order valence-corrected chi connectivity index (χ0v) is 16.9. The van der Waals surface area contributed by atoms with Crippen LogP contribution in [0.5, 0.6) is 5.75 Å². The predicted octanol–water partition coefficient (Wildman–Crippen LogP) is 3.52. The molecule has 0 amide bonds. The highest BCUT2D eigenvalue weighted by Crippen LogP contribution is 2.33. The van der Waals surface area contributed by atoms with Crippen molar-refractivity contribution in [2.24, 2.45) is 0 Å². The average molecular weight is 410 g/mol. The molecule has 0 aliphatic carbocycles. The van der Waals surface area contributed by atoms with Crippen molar-refractivity contribution in [3.8, 4) is 16.9 Å². The van der Waals surface area contributed by atoms with E-state index in [1.54, 1.807) is 24.5 Å². The van der Waals surface area contributed by atoms with Crippen LogP contribution < -0.4 is 4.74 Å². The Balaban J connectivity index is 1.69. The maximum atomic E-state index is 13.5. The van der Waals surface area contributed by atoms with E-state index in [1.165, 1.54) is 11.4 Å². The molecule has 0 N–H and O–H groups in total. The summed E-state index contributed by atoms with van der Waals surface area (Å²) in [5.41, 5.74) is 2.57. The number of sulfonamides is 1. The maximum absolute atomic E-state index is 13.5. The van der Waals surface area contributed by atoms with Gasteiger partial charge in [0.15, 0.2) is 0 Å². The van der Waals surface area contributed by atoms with E-state index in [1.807, 2.05) is 48.5 Å². The Morgan fingerprint density at radius 1 is 1.07 bits per heavy atom. The van der Waals surface area contributed by atoms with E-state index >= 15 is 0 Å². The second kappa shape index (κ2) is 8.32. The van der Waals surface area contributed by atoms with E-state index in [4.69, 9.17) is 9.47 Å². The smallest absolute Gasteiger partial charge is 0.246 e. The molecule has 2 aromatic carbocycles. The van der Waals surface area contributed by atoms with Crippen molar-refractivity contribution in [1.29, 1.82) is 0 Å². The molecule has 150 valence electrons. The molecule has 3 aromatic rings. The highest BCUT2D eigenvalue weighted by atomic mass is 32.2. The molecule has 1 fully saturated rings. The summed E-state index contributed by atoms with van der Waals surface area (Å²) >= 11 is 0. The van der Waals surface area contributed by atoms with Crippen molar-refractivity contribution in [1.82, 2.24) is 9.29 Å². The van der Waals surface area contributed by atoms with E-state index in [0.717, 1.165) is 16.7 Å². The molecule has 1 aromatic heterocycles. The Labute approximate surface area is 170 Å². The lowest BCUT2D eigenvalue weighted by molar-refractivity contribution is -0.00258. The Morgan fingerprint density at radius 2 is 1.90 bits per heavy atom. The van der Waals surface area contributed by atoms with Gasteiger partial charge in [0.25, 0.3) is 0 Å². The van der Waals surface area contributed by atoms with Gasteiger partial charge in [0.1, 0.15) is 10.6 Å². The molecule has 1 atom stereocenters. The van der Waals surface area contributed by atoms with Crippen LogP contribution in [0.25, 0.3) is 11.1 Å². The average Bonchev–Trinajstić information content (AvgIpc) is 2.80. The minimum atomic E-state index is -3.77. The van der Waals surface area contributed by atoms with Crippen LogP contribution in [0.4, 0.5) is 0 Å². The molecular weight excluding hydrogens is 388 g/mol. The molecule has 29 heavy (non-hydrogen) atoms. The van der Waals surface area contributed by atoms with Crippen molar-refractivity contribution >= 4 is 10.0 Å². The Morgan fingerprint density at radius 3 is 2.62 bits per heavy atom. The third-order valence-electron chi connectivity index (χ3n) is 4.98. The lowest BCUT2D eigenvalue weighted by atomic mass is 10.1. The molecule has 1 unspecified atom stereocenters. The van der Waals surface area contributed by atoms with Crippen LogP contribution in [0.15, 0.2) is 78.0 Å². The minimum Gasteiger partial charge on any atom is -0.495 e. The van der Waals surface area contributed by atoms with Crippen LogP contribution in [0.1, 0.15) is 11.7 Å². The third-order valence-corrected chi connectivity index (χ3v) is 6.86. The number of ether oxygens (including phenoxy) is 2. The van der Waals surface area contributed by atoms with E-state index < -0.39 is 10.0 Å². The second-order valence-electron chi connectivity index (χ2n) is 6.74. The van der Waals surface area contributed by atoms with Crippen LogP contribution in [0.3, 0.4) is 0 Å². The first kappa shape index (κ1) is 19.6. The van der Waals surface area contributed by atoms with Gasteiger partial charge in [-0.3, -0.25) is 4.98 Å². The van der Waals surface area contributed by atoms with Crippen molar-refractivity contribution in [2.75, 3.05) is 26.8 Å². The number of rotatable bonds is 5. The molecular formula is C22H22N2O4S. The highest BCUT2D eigenvalue weighted by Gasteiger charge is 2.33. The van der Waals surface area contributed by atoms with Gasteiger partial charge in [-0.15, -0.1) is 0 Å². The fraction of sp³-hybridized carbons (Fsp3) is 0.227. The lowest BCUT2D eigenvalue weighted by Crippen LogP contribution is -2.42. The van der Waals surface area contributed by atoms with E-state index in [2.05, 4.69) is 4.98 Å². The molecule has 0 bridgehead atoms. The number of hydrogen-bond donors (Lipinski definition) is 0. The van der Waals surface area contributed by atoms with Gasteiger partial charge < -0.3 is 9.47 Å². The Hall–Kier alpha value is -2.74. The van der Waals surface area contributed by atoms with Crippen LogP contribution in [-0.2, 0) is 14.8 Å². The van der Waals surface area contributed by atoms with E-state index in [-0.39, 0.29) is 17.5 Å². The summed E-state index contributed by atoms with van der Waals surface area (Å²) < 4.78 is 39.7. The Bertz CT molecular complexity index is 1070. The predicted molar refractivity (Wildman–Crippen MR) is 110 cm³/mol. The fourth-order valence-electron chi connectivity index (χ4n) is 3.44. The first-order valence-electron chi connectivity index (χ1n) is 9.35. The molecule has 7 heteroatoms. The first-order chi connectivity index (χ1) is 14.1. The third kappa shape index (κ3) is 4.03.